The third kappa shape index (κ3) is 2.27. The number of carbonyl (C=O) groups is 2. The highest BCUT2D eigenvalue weighted by molar-refractivity contribution is 9.10. The van der Waals surface area contributed by atoms with Crippen LogP contribution in [0.25, 0.3) is 5.57 Å². The van der Waals surface area contributed by atoms with Crippen LogP contribution >= 0.6 is 27.3 Å². The molecule has 0 saturated heterocycles. The first kappa shape index (κ1) is 12.3. The van der Waals surface area contributed by atoms with E-state index < -0.39 is 0 Å². The number of halogens is 1. The van der Waals surface area contributed by atoms with Crippen molar-refractivity contribution in [2.75, 3.05) is 5.32 Å². The van der Waals surface area contributed by atoms with E-state index in [0.717, 1.165) is 15.7 Å². The van der Waals surface area contributed by atoms with Crippen molar-refractivity contribution < 1.29 is 9.59 Å². The number of carbonyl (C=O) groups excluding carboxylic acids is 2. The Balaban J connectivity index is 2.04. The Morgan fingerprint density at radius 3 is 2.89 bits per heavy atom. The fraction of sp³-hybridized carbons (Fsp3) is 0. The molecule has 1 N–H and O–H groups in total. The number of ketones is 1. The van der Waals surface area contributed by atoms with Gasteiger partial charge in [0.05, 0.1) is 10.5 Å². The summed E-state index contributed by atoms with van der Waals surface area (Å²) >= 11 is 4.73. The number of amides is 1. The van der Waals surface area contributed by atoms with Crippen molar-refractivity contribution >= 4 is 50.2 Å². The van der Waals surface area contributed by atoms with Crippen LogP contribution in [0, 0.1) is 0 Å². The van der Waals surface area contributed by atoms with Crippen LogP contribution in [0.2, 0.25) is 0 Å². The summed E-state index contributed by atoms with van der Waals surface area (Å²) in [6.45, 7) is 0. The van der Waals surface area contributed by atoms with Gasteiger partial charge in [0, 0.05) is 21.8 Å². The standard InChI is InChI=1S/C14H8BrNO2S/c15-8-3-4-11-9(6-8)10(14(18)16-11)7-12(17)13-2-1-5-19-13/h1-7H,(H,16,18)/b10-7+. The van der Waals surface area contributed by atoms with Gasteiger partial charge < -0.3 is 5.32 Å². The summed E-state index contributed by atoms with van der Waals surface area (Å²) in [5.41, 5.74) is 1.90. The summed E-state index contributed by atoms with van der Waals surface area (Å²) in [4.78, 5) is 24.6. The van der Waals surface area contributed by atoms with E-state index in [9.17, 15) is 9.59 Å². The Labute approximate surface area is 122 Å². The molecule has 94 valence electrons. The average molecular weight is 334 g/mol. The van der Waals surface area contributed by atoms with Crippen molar-refractivity contribution in [2.45, 2.75) is 0 Å². The van der Waals surface area contributed by atoms with E-state index in [1.807, 2.05) is 29.6 Å². The molecule has 0 fully saturated rings. The number of thiophene rings is 1. The summed E-state index contributed by atoms with van der Waals surface area (Å²) in [6, 6.07) is 9.06. The van der Waals surface area contributed by atoms with Crippen LogP contribution in [0.1, 0.15) is 15.2 Å². The molecule has 0 spiro atoms. The zero-order valence-electron chi connectivity index (χ0n) is 9.64. The molecule has 0 radical (unpaired) electrons. The quantitative estimate of drug-likeness (QED) is 0.672. The van der Waals surface area contributed by atoms with Crippen LogP contribution < -0.4 is 5.32 Å². The Bertz CT molecular complexity index is 704. The molecule has 0 unspecified atom stereocenters. The van der Waals surface area contributed by atoms with E-state index in [-0.39, 0.29) is 11.7 Å². The van der Waals surface area contributed by atoms with Crippen molar-refractivity contribution in [1.82, 2.24) is 0 Å². The molecule has 3 nitrogen and oxygen atoms in total. The molecule has 0 saturated carbocycles. The number of nitrogens with one attached hydrogen (secondary N) is 1. The largest absolute Gasteiger partial charge is 0.321 e. The maximum absolute atomic E-state index is 12.0. The van der Waals surface area contributed by atoms with Crippen LogP contribution in [0.15, 0.2) is 46.3 Å². The molecule has 1 aliphatic rings. The molecule has 1 aromatic carbocycles. The highest BCUT2D eigenvalue weighted by Crippen LogP contribution is 2.34. The molecule has 2 aromatic rings. The van der Waals surface area contributed by atoms with Crippen LogP contribution in [0.3, 0.4) is 0 Å². The molecule has 0 bridgehead atoms. The molecule has 1 aliphatic heterocycles. The molecule has 3 rings (SSSR count). The maximum Gasteiger partial charge on any atom is 0.256 e. The highest BCUT2D eigenvalue weighted by Gasteiger charge is 2.25. The van der Waals surface area contributed by atoms with Crippen molar-refractivity contribution in [3.63, 3.8) is 0 Å². The van der Waals surface area contributed by atoms with E-state index in [1.165, 1.54) is 17.4 Å². The summed E-state index contributed by atoms with van der Waals surface area (Å²) in [5.74, 6) is -0.383. The number of hydrogen-bond donors (Lipinski definition) is 1. The van der Waals surface area contributed by atoms with Crippen LogP contribution in [-0.2, 0) is 4.79 Å². The Kier molecular flexibility index (Phi) is 3.08. The SMILES string of the molecule is O=C1Nc2ccc(Br)cc2/C1=C\C(=O)c1cccs1. The number of anilines is 1. The van der Waals surface area contributed by atoms with Gasteiger partial charge >= 0.3 is 0 Å². The van der Waals surface area contributed by atoms with Gasteiger partial charge in [0.15, 0.2) is 5.78 Å². The summed E-state index contributed by atoms with van der Waals surface area (Å²) in [6.07, 6.45) is 1.40. The van der Waals surface area contributed by atoms with Gasteiger partial charge in [0.25, 0.3) is 5.91 Å². The molecular formula is C14H8BrNO2S. The number of allylic oxidation sites excluding steroid dienone is 1. The van der Waals surface area contributed by atoms with Gasteiger partial charge in [-0.25, -0.2) is 0 Å². The maximum atomic E-state index is 12.0. The highest BCUT2D eigenvalue weighted by atomic mass is 79.9. The van der Waals surface area contributed by atoms with E-state index in [1.54, 1.807) is 6.07 Å². The van der Waals surface area contributed by atoms with Gasteiger partial charge in [-0.2, -0.15) is 0 Å². The first-order valence-electron chi connectivity index (χ1n) is 5.56. The fourth-order valence-electron chi connectivity index (χ4n) is 1.92. The van der Waals surface area contributed by atoms with E-state index >= 15 is 0 Å². The molecule has 0 aliphatic carbocycles. The van der Waals surface area contributed by atoms with E-state index in [2.05, 4.69) is 21.2 Å². The summed E-state index contributed by atoms with van der Waals surface area (Å²) in [5, 5.41) is 4.59. The Morgan fingerprint density at radius 2 is 2.16 bits per heavy atom. The van der Waals surface area contributed by atoms with Gasteiger partial charge in [-0.1, -0.05) is 22.0 Å². The first-order chi connectivity index (χ1) is 9.15. The fourth-order valence-corrected chi connectivity index (χ4v) is 2.92. The average Bonchev–Trinajstić information content (AvgIpc) is 2.99. The Morgan fingerprint density at radius 1 is 1.32 bits per heavy atom. The number of fused-ring (bicyclic) bond motifs is 1. The molecular weight excluding hydrogens is 326 g/mol. The van der Waals surface area contributed by atoms with Crippen LogP contribution in [-0.4, -0.2) is 11.7 Å². The number of hydrogen-bond acceptors (Lipinski definition) is 3. The van der Waals surface area contributed by atoms with Gasteiger partial charge in [0.2, 0.25) is 0 Å². The third-order valence-electron chi connectivity index (χ3n) is 2.80. The van der Waals surface area contributed by atoms with Gasteiger partial charge in [-0.3, -0.25) is 9.59 Å². The minimum atomic E-state index is -0.238. The lowest BCUT2D eigenvalue weighted by Gasteiger charge is -1.98. The zero-order chi connectivity index (χ0) is 13.4. The summed E-state index contributed by atoms with van der Waals surface area (Å²) < 4.78 is 0.872. The van der Waals surface area contributed by atoms with Crippen molar-refractivity contribution in [3.8, 4) is 0 Å². The molecule has 1 aromatic heterocycles. The second-order valence-electron chi connectivity index (χ2n) is 4.04. The predicted molar refractivity (Wildman–Crippen MR) is 79.4 cm³/mol. The molecule has 1 amide bonds. The second-order valence-corrected chi connectivity index (χ2v) is 5.91. The zero-order valence-corrected chi connectivity index (χ0v) is 12.0. The Hall–Kier alpha value is -1.72. The van der Waals surface area contributed by atoms with Crippen molar-refractivity contribution in [3.05, 3.63) is 56.7 Å². The van der Waals surface area contributed by atoms with Crippen LogP contribution in [0.5, 0.6) is 0 Å². The van der Waals surface area contributed by atoms with Crippen LogP contribution in [0.4, 0.5) is 5.69 Å². The molecule has 19 heavy (non-hydrogen) atoms. The van der Waals surface area contributed by atoms with Crippen molar-refractivity contribution in [2.24, 2.45) is 0 Å². The lowest BCUT2D eigenvalue weighted by molar-refractivity contribution is -0.110. The smallest absolute Gasteiger partial charge is 0.256 e. The van der Waals surface area contributed by atoms with Crippen molar-refractivity contribution in [1.29, 1.82) is 0 Å². The number of rotatable bonds is 2. The monoisotopic (exact) mass is 333 g/mol. The van der Waals surface area contributed by atoms with E-state index in [0.29, 0.717) is 10.5 Å². The minimum Gasteiger partial charge on any atom is -0.321 e. The first-order valence-corrected chi connectivity index (χ1v) is 7.23. The topological polar surface area (TPSA) is 46.2 Å². The lowest BCUT2D eigenvalue weighted by atomic mass is 10.1. The normalized spacial score (nSPS) is 15.4. The molecule has 2 heterocycles. The summed E-state index contributed by atoms with van der Waals surface area (Å²) in [7, 11) is 0. The van der Waals surface area contributed by atoms with E-state index in [4.69, 9.17) is 0 Å². The number of benzene rings is 1. The van der Waals surface area contributed by atoms with Gasteiger partial charge in [-0.05, 0) is 29.6 Å². The third-order valence-corrected chi connectivity index (χ3v) is 4.18. The lowest BCUT2D eigenvalue weighted by Crippen LogP contribution is -2.05. The molecule has 0 atom stereocenters. The van der Waals surface area contributed by atoms with Gasteiger partial charge in [-0.15, -0.1) is 11.3 Å². The van der Waals surface area contributed by atoms with Gasteiger partial charge in [0.1, 0.15) is 0 Å². The molecule has 5 heteroatoms. The second kappa shape index (κ2) is 4.75. The minimum absolute atomic E-state index is 0.145. The predicted octanol–water partition coefficient (Wildman–Crippen LogP) is 3.73.